The summed E-state index contributed by atoms with van der Waals surface area (Å²) < 4.78 is 12.5. The maximum atomic E-state index is 9.63. The molecule has 4 rings (SSSR count). The Morgan fingerprint density at radius 2 is 1.96 bits per heavy atom. The number of aromatic nitrogens is 3. The van der Waals surface area contributed by atoms with Crippen molar-refractivity contribution in [3.05, 3.63) is 53.7 Å². The summed E-state index contributed by atoms with van der Waals surface area (Å²) in [5.41, 5.74) is 4.20. The maximum Gasteiger partial charge on any atom is 0.231 e. The lowest BCUT2D eigenvalue weighted by molar-refractivity contribution is 0.174. The second-order valence-electron chi connectivity index (χ2n) is 5.31. The Balaban J connectivity index is 1.90. The number of nitrogens with zero attached hydrogens (tertiary/aromatic N) is 3. The van der Waals surface area contributed by atoms with E-state index in [1.165, 1.54) is 0 Å². The molecule has 0 saturated heterocycles. The lowest BCUT2D eigenvalue weighted by Crippen LogP contribution is -2.01. The van der Waals surface area contributed by atoms with E-state index in [4.69, 9.17) is 9.47 Å². The van der Waals surface area contributed by atoms with E-state index in [1.807, 2.05) is 49.4 Å². The molecule has 0 amide bonds. The summed E-state index contributed by atoms with van der Waals surface area (Å²) in [5.74, 6) is 1.40. The van der Waals surface area contributed by atoms with Crippen molar-refractivity contribution in [2.45, 2.75) is 13.5 Å². The number of fused-ring (bicyclic) bond motifs is 1. The standard InChI is InChI=1S/C17H15N3O3/c1-11-4-2-3-5-13(11)17-14(9-21)18-19-20(17)12-6-7-15-16(8-12)23-10-22-15/h2-8,21H,9-10H2,1H3. The first kappa shape index (κ1) is 13.8. The minimum absolute atomic E-state index is 0.172. The van der Waals surface area contributed by atoms with Crippen molar-refractivity contribution < 1.29 is 14.6 Å². The third-order valence-electron chi connectivity index (χ3n) is 3.89. The second-order valence-corrected chi connectivity index (χ2v) is 5.31. The first-order valence-electron chi connectivity index (χ1n) is 7.29. The SMILES string of the molecule is Cc1ccccc1-c1c(CO)nnn1-c1ccc2c(c1)OCO2. The molecule has 116 valence electrons. The van der Waals surface area contributed by atoms with Crippen LogP contribution in [0.25, 0.3) is 16.9 Å². The molecule has 1 aliphatic rings. The molecule has 1 aliphatic heterocycles. The van der Waals surface area contributed by atoms with Crippen molar-refractivity contribution in [1.82, 2.24) is 15.0 Å². The monoisotopic (exact) mass is 309 g/mol. The number of aryl methyl sites for hydroxylation is 1. The van der Waals surface area contributed by atoms with Crippen molar-refractivity contribution in [3.63, 3.8) is 0 Å². The van der Waals surface area contributed by atoms with Crippen molar-refractivity contribution in [2.24, 2.45) is 0 Å². The normalized spacial score (nSPS) is 12.6. The van der Waals surface area contributed by atoms with Gasteiger partial charge in [-0.05, 0) is 24.6 Å². The topological polar surface area (TPSA) is 69.4 Å². The Morgan fingerprint density at radius 1 is 1.13 bits per heavy atom. The summed E-state index contributed by atoms with van der Waals surface area (Å²) in [6.45, 7) is 2.07. The first-order valence-corrected chi connectivity index (χ1v) is 7.29. The summed E-state index contributed by atoms with van der Waals surface area (Å²) in [6, 6.07) is 13.6. The van der Waals surface area contributed by atoms with Crippen LogP contribution in [0.2, 0.25) is 0 Å². The van der Waals surface area contributed by atoms with Gasteiger partial charge in [-0.3, -0.25) is 0 Å². The Hall–Kier alpha value is -2.86. The van der Waals surface area contributed by atoms with Gasteiger partial charge in [-0.2, -0.15) is 0 Å². The van der Waals surface area contributed by atoms with Gasteiger partial charge in [0, 0.05) is 11.6 Å². The zero-order valence-electron chi connectivity index (χ0n) is 12.6. The van der Waals surface area contributed by atoms with E-state index in [9.17, 15) is 5.11 Å². The molecule has 6 nitrogen and oxygen atoms in total. The molecule has 0 aliphatic carbocycles. The van der Waals surface area contributed by atoms with Crippen LogP contribution in [0.5, 0.6) is 11.5 Å². The smallest absolute Gasteiger partial charge is 0.231 e. The van der Waals surface area contributed by atoms with Gasteiger partial charge < -0.3 is 14.6 Å². The number of aliphatic hydroxyl groups excluding tert-OH is 1. The number of rotatable bonds is 3. The quantitative estimate of drug-likeness (QED) is 0.805. The number of hydrogen-bond acceptors (Lipinski definition) is 5. The van der Waals surface area contributed by atoms with Crippen LogP contribution in [0, 0.1) is 6.92 Å². The average Bonchev–Trinajstić information content (AvgIpc) is 3.20. The van der Waals surface area contributed by atoms with Crippen LogP contribution < -0.4 is 9.47 Å². The van der Waals surface area contributed by atoms with Gasteiger partial charge in [0.25, 0.3) is 0 Å². The fourth-order valence-electron chi connectivity index (χ4n) is 2.73. The van der Waals surface area contributed by atoms with Crippen LogP contribution in [0.3, 0.4) is 0 Å². The summed E-state index contributed by atoms with van der Waals surface area (Å²) in [6.07, 6.45) is 0. The summed E-state index contributed by atoms with van der Waals surface area (Å²) in [7, 11) is 0. The Morgan fingerprint density at radius 3 is 2.78 bits per heavy atom. The molecule has 23 heavy (non-hydrogen) atoms. The lowest BCUT2D eigenvalue weighted by Gasteiger charge is -2.10. The molecule has 0 spiro atoms. The van der Waals surface area contributed by atoms with E-state index < -0.39 is 0 Å². The van der Waals surface area contributed by atoms with Gasteiger partial charge >= 0.3 is 0 Å². The molecule has 1 aromatic heterocycles. The minimum Gasteiger partial charge on any atom is -0.454 e. The van der Waals surface area contributed by atoms with E-state index in [1.54, 1.807) is 4.68 Å². The van der Waals surface area contributed by atoms with Crippen LogP contribution in [-0.2, 0) is 6.61 Å². The number of benzene rings is 2. The van der Waals surface area contributed by atoms with Crippen LogP contribution in [0.4, 0.5) is 0 Å². The molecule has 1 N–H and O–H groups in total. The van der Waals surface area contributed by atoms with Crippen molar-refractivity contribution in [2.75, 3.05) is 6.79 Å². The van der Waals surface area contributed by atoms with Crippen molar-refractivity contribution in [3.8, 4) is 28.4 Å². The number of aliphatic hydroxyl groups is 1. The molecule has 0 saturated carbocycles. The molecule has 0 fully saturated rings. The van der Waals surface area contributed by atoms with E-state index >= 15 is 0 Å². The van der Waals surface area contributed by atoms with E-state index in [0.717, 1.165) is 22.5 Å². The lowest BCUT2D eigenvalue weighted by atomic mass is 10.0. The van der Waals surface area contributed by atoms with Gasteiger partial charge in [-0.15, -0.1) is 5.10 Å². The van der Waals surface area contributed by atoms with Gasteiger partial charge in [-0.25, -0.2) is 4.68 Å². The largest absolute Gasteiger partial charge is 0.454 e. The highest BCUT2D eigenvalue weighted by atomic mass is 16.7. The molecule has 2 aromatic carbocycles. The molecule has 0 bridgehead atoms. The molecular weight excluding hydrogens is 294 g/mol. The Kier molecular flexibility index (Phi) is 3.24. The number of ether oxygens (including phenoxy) is 2. The highest BCUT2D eigenvalue weighted by Gasteiger charge is 2.20. The van der Waals surface area contributed by atoms with Gasteiger partial charge in [-0.1, -0.05) is 29.5 Å². The highest BCUT2D eigenvalue weighted by Crippen LogP contribution is 2.35. The summed E-state index contributed by atoms with van der Waals surface area (Å²) in [5, 5.41) is 17.9. The fraction of sp³-hybridized carbons (Fsp3) is 0.176. The molecule has 0 radical (unpaired) electrons. The minimum atomic E-state index is -0.172. The zero-order valence-corrected chi connectivity index (χ0v) is 12.6. The third-order valence-corrected chi connectivity index (χ3v) is 3.89. The van der Waals surface area contributed by atoms with E-state index in [-0.39, 0.29) is 13.4 Å². The Labute approximate surface area is 132 Å². The Bertz CT molecular complexity index is 873. The average molecular weight is 309 g/mol. The zero-order chi connectivity index (χ0) is 15.8. The first-order chi connectivity index (χ1) is 11.3. The second kappa shape index (κ2) is 5.40. The predicted molar refractivity (Wildman–Crippen MR) is 83.6 cm³/mol. The van der Waals surface area contributed by atoms with Crippen molar-refractivity contribution >= 4 is 0 Å². The van der Waals surface area contributed by atoms with Crippen molar-refractivity contribution in [1.29, 1.82) is 0 Å². The summed E-state index contributed by atoms with van der Waals surface area (Å²) in [4.78, 5) is 0. The molecule has 2 heterocycles. The summed E-state index contributed by atoms with van der Waals surface area (Å²) >= 11 is 0. The van der Waals surface area contributed by atoms with Gasteiger partial charge in [0.2, 0.25) is 6.79 Å². The van der Waals surface area contributed by atoms with Crippen LogP contribution in [0.15, 0.2) is 42.5 Å². The van der Waals surface area contributed by atoms with Gasteiger partial charge in [0.05, 0.1) is 12.3 Å². The van der Waals surface area contributed by atoms with Gasteiger partial charge in [0.15, 0.2) is 11.5 Å². The third kappa shape index (κ3) is 2.24. The fourth-order valence-corrected chi connectivity index (χ4v) is 2.73. The molecule has 6 heteroatoms. The van der Waals surface area contributed by atoms with Crippen LogP contribution >= 0.6 is 0 Å². The molecular formula is C17H15N3O3. The predicted octanol–water partition coefficient (Wildman–Crippen LogP) is 2.46. The highest BCUT2D eigenvalue weighted by molar-refractivity contribution is 5.68. The number of hydrogen-bond donors (Lipinski definition) is 1. The van der Waals surface area contributed by atoms with Gasteiger partial charge in [0.1, 0.15) is 11.4 Å². The maximum absolute atomic E-state index is 9.63. The molecule has 3 aromatic rings. The van der Waals surface area contributed by atoms with E-state index in [0.29, 0.717) is 17.2 Å². The van der Waals surface area contributed by atoms with E-state index in [2.05, 4.69) is 10.3 Å². The molecule has 0 atom stereocenters. The van der Waals surface area contributed by atoms with Crippen LogP contribution in [-0.4, -0.2) is 26.9 Å². The van der Waals surface area contributed by atoms with Crippen LogP contribution in [0.1, 0.15) is 11.3 Å². The molecule has 0 unspecified atom stereocenters.